The Morgan fingerprint density at radius 2 is 2.05 bits per heavy atom. The monoisotopic (exact) mass is 281 g/mol. The van der Waals surface area contributed by atoms with Crippen LogP contribution >= 0.6 is 0 Å². The minimum absolute atomic E-state index is 0.124. The number of nitro benzene ring substituents is 1. The van der Waals surface area contributed by atoms with Crippen molar-refractivity contribution in [3.63, 3.8) is 0 Å². The van der Waals surface area contributed by atoms with E-state index >= 15 is 0 Å². The second-order valence-electron chi connectivity index (χ2n) is 4.77. The van der Waals surface area contributed by atoms with Crippen LogP contribution in [-0.2, 0) is 4.79 Å². The van der Waals surface area contributed by atoms with Gasteiger partial charge in [-0.15, -0.1) is 0 Å². The van der Waals surface area contributed by atoms with Gasteiger partial charge in [0.2, 0.25) is 5.91 Å². The van der Waals surface area contributed by atoms with Gasteiger partial charge in [-0.25, -0.2) is 4.39 Å². The van der Waals surface area contributed by atoms with E-state index in [1.54, 1.807) is 12.1 Å². The van der Waals surface area contributed by atoms with Crippen LogP contribution in [0.1, 0.15) is 12.8 Å². The molecule has 0 atom stereocenters. The fourth-order valence-electron chi connectivity index (χ4n) is 2.19. The molecule has 1 fully saturated rings. The number of rotatable bonds is 4. The molecule has 0 aliphatic carbocycles. The van der Waals surface area contributed by atoms with Crippen LogP contribution < -0.4 is 5.32 Å². The number of hydrogen-bond donors (Lipinski definition) is 1. The molecule has 1 heterocycles. The Labute approximate surface area is 115 Å². The SMILES string of the molecule is O=C(CN1CCC(F)CC1)Nc1ccccc1[N+](=O)[O-]. The predicted molar refractivity (Wildman–Crippen MR) is 72.3 cm³/mol. The molecule has 0 spiro atoms. The van der Waals surface area contributed by atoms with Crippen LogP contribution in [0.3, 0.4) is 0 Å². The Balaban J connectivity index is 1.93. The molecule has 0 bridgehead atoms. The molecule has 1 aliphatic rings. The smallest absolute Gasteiger partial charge is 0.292 e. The summed E-state index contributed by atoms with van der Waals surface area (Å²) in [5.41, 5.74) is 0.0474. The second kappa shape index (κ2) is 6.42. The van der Waals surface area contributed by atoms with Crippen molar-refractivity contribution in [3.8, 4) is 0 Å². The number of para-hydroxylation sites is 2. The largest absolute Gasteiger partial charge is 0.319 e. The summed E-state index contributed by atoms with van der Waals surface area (Å²) in [6, 6.07) is 5.99. The Morgan fingerprint density at radius 1 is 1.40 bits per heavy atom. The number of nitrogens with one attached hydrogen (secondary N) is 1. The van der Waals surface area contributed by atoms with Crippen molar-refractivity contribution in [2.45, 2.75) is 19.0 Å². The number of nitrogens with zero attached hydrogens (tertiary/aromatic N) is 2. The fraction of sp³-hybridized carbons (Fsp3) is 0.462. The maximum absolute atomic E-state index is 13.0. The first kappa shape index (κ1) is 14.4. The molecule has 0 saturated carbocycles. The first-order valence-corrected chi connectivity index (χ1v) is 6.46. The Morgan fingerprint density at radius 3 is 2.70 bits per heavy atom. The number of carbonyl (C=O) groups excluding carboxylic acids is 1. The fourth-order valence-corrected chi connectivity index (χ4v) is 2.19. The van der Waals surface area contributed by atoms with Crippen molar-refractivity contribution in [3.05, 3.63) is 34.4 Å². The van der Waals surface area contributed by atoms with E-state index in [2.05, 4.69) is 5.32 Å². The number of piperidine rings is 1. The summed E-state index contributed by atoms with van der Waals surface area (Å²) in [7, 11) is 0. The molecule has 1 N–H and O–H groups in total. The molecule has 0 aromatic heterocycles. The number of carbonyl (C=O) groups is 1. The summed E-state index contributed by atoms with van der Waals surface area (Å²) < 4.78 is 13.0. The highest BCUT2D eigenvalue weighted by Crippen LogP contribution is 2.23. The van der Waals surface area contributed by atoms with E-state index in [4.69, 9.17) is 0 Å². The van der Waals surface area contributed by atoms with E-state index in [1.165, 1.54) is 12.1 Å². The van der Waals surface area contributed by atoms with Gasteiger partial charge >= 0.3 is 0 Å². The van der Waals surface area contributed by atoms with Gasteiger partial charge in [0.25, 0.3) is 5.69 Å². The molecular formula is C13H16FN3O3. The maximum Gasteiger partial charge on any atom is 0.292 e. The zero-order chi connectivity index (χ0) is 14.5. The average Bonchev–Trinajstić information content (AvgIpc) is 2.41. The Bertz CT molecular complexity index is 501. The summed E-state index contributed by atoms with van der Waals surface area (Å²) >= 11 is 0. The number of likely N-dealkylation sites (tertiary alicyclic amines) is 1. The molecular weight excluding hydrogens is 265 g/mol. The van der Waals surface area contributed by atoms with Crippen LogP contribution in [-0.4, -0.2) is 41.5 Å². The van der Waals surface area contributed by atoms with E-state index in [0.29, 0.717) is 25.9 Å². The standard InChI is InChI=1S/C13H16FN3O3/c14-10-5-7-16(8-6-10)9-13(18)15-11-3-1-2-4-12(11)17(19)20/h1-4,10H,5-9H2,(H,15,18). The lowest BCUT2D eigenvalue weighted by atomic mass is 10.1. The zero-order valence-corrected chi connectivity index (χ0v) is 10.9. The number of amides is 1. The number of anilines is 1. The van der Waals surface area contributed by atoms with Gasteiger partial charge < -0.3 is 5.32 Å². The summed E-state index contributed by atoms with van der Waals surface area (Å²) in [5.74, 6) is -0.323. The van der Waals surface area contributed by atoms with Crippen molar-refractivity contribution < 1.29 is 14.1 Å². The summed E-state index contributed by atoms with van der Waals surface area (Å²) in [6.45, 7) is 1.19. The molecule has 2 rings (SSSR count). The third-order valence-electron chi connectivity index (χ3n) is 3.26. The first-order chi connectivity index (χ1) is 9.56. The average molecular weight is 281 g/mol. The summed E-state index contributed by atoms with van der Waals surface area (Å²) in [5, 5.41) is 13.4. The van der Waals surface area contributed by atoms with Crippen LogP contribution in [0.5, 0.6) is 0 Å². The molecule has 20 heavy (non-hydrogen) atoms. The van der Waals surface area contributed by atoms with E-state index in [9.17, 15) is 19.3 Å². The first-order valence-electron chi connectivity index (χ1n) is 6.46. The number of halogens is 1. The van der Waals surface area contributed by atoms with Crippen molar-refractivity contribution in [1.82, 2.24) is 4.90 Å². The van der Waals surface area contributed by atoms with Crippen molar-refractivity contribution in [2.75, 3.05) is 25.0 Å². The van der Waals surface area contributed by atoms with Crippen LogP contribution in [0.2, 0.25) is 0 Å². The molecule has 7 heteroatoms. The minimum Gasteiger partial charge on any atom is -0.319 e. The molecule has 108 valence electrons. The topological polar surface area (TPSA) is 75.5 Å². The summed E-state index contributed by atoms with van der Waals surface area (Å²) in [4.78, 5) is 24.0. The molecule has 1 amide bonds. The van der Waals surface area contributed by atoms with Crippen molar-refractivity contribution in [1.29, 1.82) is 0 Å². The van der Waals surface area contributed by atoms with E-state index in [1.807, 2.05) is 4.90 Å². The highest BCUT2D eigenvalue weighted by atomic mass is 19.1. The highest BCUT2D eigenvalue weighted by Gasteiger charge is 2.21. The van der Waals surface area contributed by atoms with Crippen LogP contribution in [0.4, 0.5) is 15.8 Å². The minimum atomic E-state index is -0.787. The van der Waals surface area contributed by atoms with Crippen LogP contribution in [0, 0.1) is 10.1 Å². The van der Waals surface area contributed by atoms with Gasteiger partial charge in [0, 0.05) is 19.2 Å². The quantitative estimate of drug-likeness (QED) is 0.676. The molecule has 0 unspecified atom stereocenters. The third-order valence-corrected chi connectivity index (χ3v) is 3.26. The van der Waals surface area contributed by atoms with Gasteiger partial charge in [-0.05, 0) is 18.9 Å². The van der Waals surface area contributed by atoms with Crippen LogP contribution in [0.25, 0.3) is 0 Å². The second-order valence-corrected chi connectivity index (χ2v) is 4.77. The third kappa shape index (κ3) is 3.74. The molecule has 1 aliphatic heterocycles. The van der Waals surface area contributed by atoms with Gasteiger partial charge in [0.05, 0.1) is 11.5 Å². The van der Waals surface area contributed by atoms with Gasteiger partial charge in [-0.1, -0.05) is 12.1 Å². The number of hydrogen-bond acceptors (Lipinski definition) is 4. The van der Waals surface area contributed by atoms with Crippen molar-refractivity contribution in [2.24, 2.45) is 0 Å². The van der Waals surface area contributed by atoms with Gasteiger partial charge in [-0.2, -0.15) is 0 Å². The van der Waals surface area contributed by atoms with Crippen molar-refractivity contribution >= 4 is 17.3 Å². The molecule has 1 aromatic rings. The number of alkyl halides is 1. The van der Waals surface area contributed by atoms with E-state index < -0.39 is 11.1 Å². The van der Waals surface area contributed by atoms with E-state index in [0.717, 1.165) is 0 Å². The Kier molecular flexibility index (Phi) is 4.62. The highest BCUT2D eigenvalue weighted by molar-refractivity contribution is 5.94. The molecule has 0 radical (unpaired) electrons. The van der Waals surface area contributed by atoms with Gasteiger partial charge in [-0.3, -0.25) is 19.8 Å². The lowest BCUT2D eigenvalue weighted by molar-refractivity contribution is -0.383. The maximum atomic E-state index is 13.0. The number of nitro groups is 1. The van der Waals surface area contributed by atoms with Gasteiger partial charge in [0.1, 0.15) is 11.9 Å². The lowest BCUT2D eigenvalue weighted by Gasteiger charge is -2.27. The van der Waals surface area contributed by atoms with Crippen LogP contribution in [0.15, 0.2) is 24.3 Å². The lowest BCUT2D eigenvalue weighted by Crippen LogP contribution is -2.39. The Hall–Kier alpha value is -2.02. The summed E-state index contributed by atoms with van der Waals surface area (Å²) in [6.07, 6.45) is 0.0712. The molecule has 1 saturated heterocycles. The molecule has 1 aromatic carbocycles. The van der Waals surface area contributed by atoms with E-state index in [-0.39, 0.29) is 23.8 Å². The number of benzene rings is 1. The normalized spacial score (nSPS) is 16.9. The predicted octanol–water partition coefficient (Wildman–Crippen LogP) is 1.97. The molecule has 6 nitrogen and oxygen atoms in total. The zero-order valence-electron chi connectivity index (χ0n) is 10.9. The van der Waals surface area contributed by atoms with Gasteiger partial charge in [0.15, 0.2) is 0 Å².